The van der Waals surface area contributed by atoms with Crippen molar-refractivity contribution >= 4 is 16.9 Å². The lowest BCUT2D eigenvalue weighted by Gasteiger charge is -2.13. The molecule has 0 unspecified atom stereocenters. The number of carbonyl (C=O) groups is 1. The van der Waals surface area contributed by atoms with Crippen LogP contribution in [-0.2, 0) is 0 Å². The van der Waals surface area contributed by atoms with Gasteiger partial charge in [-0.2, -0.15) is 0 Å². The predicted molar refractivity (Wildman–Crippen MR) is 93.0 cm³/mol. The van der Waals surface area contributed by atoms with Crippen LogP contribution in [0.2, 0.25) is 0 Å². The van der Waals surface area contributed by atoms with E-state index in [0.717, 1.165) is 22.2 Å². The van der Waals surface area contributed by atoms with Crippen LogP contribution < -0.4 is 0 Å². The first kappa shape index (κ1) is 15.2. The summed E-state index contributed by atoms with van der Waals surface area (Å²) in [5, 5.41) is 10.3. The largest absolute Gasteiger partial charge is 0.478 e. The van der Waals surface area contributed by atoms with E-state index in [0.29, 0.717) is 16.6 Å². The van der Waals surface area contributed by atoms with Crippen LogP contribution in [0.4, 0.5) is 0 Å². The van der Waals surface area contributed by atoms with E-state index in [-0.39, 0.29) is 5.92 Å². The van der Waals surface area contributed by atoms with Gasteiger partial charge in [-0.3, -0.25) is 0 Å². The number of pyridine rings is 1. The van der Waals surface area contributed by atoms with Crippen LogP contribution in [0.15, 0.2) is 48.5 Å². The average Bonchev–Trinajstić information content (AvgIpc) is 2.53. The second-order valence-corrected chi connectivity index (χ2v) is 6.07. The maximum Gasteiger partial charge on any atom is 0.336 e. The van der Waals surface area contributed by atoms with Gasteiger partial charge in [0.25, 0.3) is 0 Å². The summed E-state index contributed by atoms with van der Waals surface area (Å²) in [6.07, 6.45) is 0. The summed E-state index contributed by atoms with van der Waals surface area (Å²) >= 11 is 0. The number of aromatic carboxylic acids is 1. The van der Waals surface area contributed by atoms with E-state index in [4.69, 9.17) is 4.98 Å². The van der Waals surface area contributed by atoms with Gasteiger partial charge in [-0.1, -0.05) is 56.3 Å². The highest BCUT2D eigenvalue weighted by atomic mass is 16.4. The van der Waals surface area contributed by atoms with Gasteiger partial charge in [-0.25, -0.2) is 9.78 Å². The molecule has 1 aromatic heterocycles. The monoisotopic (exact) mass is 305 g/mol. The SMILES string of the molecule is Cc1ccccc1-c1cc(C(=O)O)c2cccc(C(C)C)c2n1. The van der Waals surface area contributed by atoms with Crippen LogP contribution >= 0.6 is 0 Å². The Hall–Kier alpha value is -2.68. The molecule has 0 bridgehead atoms. The minimum atomic E-state index is -0.923. The number of benzene rings is 2. The van der Waals surface area contributed by atoms with Gasteiger partial charge in [-0.05, 0) is 30.0 Å². The quantitative estimate of drug-likeness (QED) is 0.738. The van der Waals surface area contributed by atoms with E-state index < -0.39 is 5.97 Å². The molecule has 0 amide bonds. The molecule has 0 saturated carbocycles. The Morgan fingerprint density at radius 1 is 1.09 bits per heavy atom. The number of hydrogen-bond donors (Lipinski definition) is 1. The third-order valence-corrected chi connectivity index (χ3v) is 4.14. The first-order valence-electron chi connectivity index (χ1n) is 7.72. The number of hydrogen-bond acceptors (Lipinski definition) is 2. The van der Waals surface area contributed by atoms with Crippen LogP contribution in [0.5, 0.6) is 0 Å². The fourth-order valence-electron chi connectivity index (χ4n) is 2.91. The molecule has 0 spiro atoms. The Bertz CT molecular complexity index is 897. The Morgan fingerprint density at radius 2 is 1.83 bits per heavy atom. The second-order valence-electron chi connectivity index (χ2n) is 6.07. The van der Waals surface area contributed by atoms with Crippen LogP contribution in [-0.4, -0.2) is 16.1 Å². The maximum absolute atomic E-state index is 11.7. The van der Waals surface area contributed by atoms with Gasteiger partial charge < -0.3 is 5.11 Å². The molecule has 0 fully saturated rings. The molecule has 0 aliphatic carbocycles. The lowest BCUT2D eigenvalue weighted by Crippen LogP contribution is -2.03. The van der Waals surface area contributed by atoms with Crippen molar-refractivity contribution in [1.82, 2.24) is 4.98 Å². The van der Waals surface area contributed by atoms with Gasteiger partial charge in [0.2, 0.25) is 0 Å². The molecule has 3 heteroatoms. The molecule has 2 aromatic carbocycles. The molecular formula is C20H19NO2. The van der Waals surface area contributed by atoms with Crippen molar-refractivity contribution in [3.63, 3.8) is 0 Å². The Morgan fingerprint density at radius 3 is 2.48 bits per heavy atom. The Labute approximate surface area is 135 Å². The Kier molecular flexibility index (Phi) is 3.87. The normalized spacial score (nSPS) is 11.1. The highest BCUT2D eigenvalue weighted by molar-refractivity contribution is 6.04. The molecule has 0 aliphatic rings. The number of aryl methyl sites for hydroxylation is 1. The average molecular weight is 305 g/mol. The van der Waals surface area contributed by atoms with E-state index in [1.54, 1.807) is 6.07 Å². The molecule has 1 N–H and O–H groups in total. The van der Waals surface area contributed by atoms with Crippen molar-refractivity contribution in [3.8, 4) is 11.3 Å². The zero-order chi connectivity index (χ0) is 16.6. The van der Waals surface area contributed by atoms with Crippen molar-refractivity contribution in [2.24, 2.45) is 0 Å². The zero-order valence-corrected chi connectivity index (χ0v) is 13.5. The molecular weight excluding hydrogens is 286 g/mol. The molecule has 3 aromatic rings. The first-order valence-corrected chi connectivity index (χ1v) is 7.72. The van der Waals surface area contributed by atoms with Crippen LogP contribution in [0, 0.1) is 6.92 Å². The molecule has 116 valence electrons. The molecule has 0 radical (unpaired) electrons. The lowest BCUT2D eigenvalue weighted by atomic mass is 9.95. The number of carboxylic acid groups (broad SMARTS) is 1. The third-order valence-electron chi connectivity index (χ3n) is 4.14. The Balaban J connectivity index is 2.39. The highest BCUT2D eigenvalue weighted by Crippen LogP contribution is 2.31. The van der Waals surface area contributed by atoms with Crippen LogP contribution in [0.25, 0.3) is 22.2 Å². The van der Waals surface area contributed by atoms with Crippen LogP contribution in [0.1, 0.15) is 41.3 Å². The molecule has 23 heavy (non-hydrogen) atoms. The lowest BCUT2D eigenvalue weighted by molar-refractivity contribution is 0.0699. The molecule has 0 aliphatic heterocycles. The number of nitrogens with zero attached hydrogens (tertiary/aromatic N) is 1. The number of para-hydroxylation sites is 1. The van der Waals surface area contributed by atoms with E-state index in [1.807, 2.05) is 49.4 Å². The topological polar surface area (TPSA) is 50.2 Å². The second kappa shape index (κ2) is 5.84. The van der Waals surface area contributed by atoms with Crippen molar-refractivity contribution in [2.75, 3.05) is 0 Å². The van der Waals surface area contributed by atoms with Crippen LogP contribution in [0.3, 0.4) is 0 Å². The number of carboxylic acids is 1. The van der Waals surface area contributed by atoms with Crippen molar-refractivity contribution in [3.05, 3.63) is 65.2 Å². The van der Waals surface area contributed by atoms with Crippen molar-refractivity contribution in [2.45, 2.75) is 26.7 Å². The minimum Gasteiger partial charge on any atom is -0.478 e. The smallest absolute Gasteiger partial charge is 0.336 e. The highest BCUT2D eigenvalue weighted by Gasteiger charge is 2.16. The van der Waals surface area contributed by atoms with E-state index in [1.165, 1.54) is 0 Å². The summed E-state index contributed by atoms with van der Waals surface area (Å²) in [6, 6.07) is 15.3. The predicted octanol–water partition coefficient (Wildman–Crippen LogP) is 5.03. The van der Waals surface area contributed by atoms with E-state index >= 15 is 0 Å². The number of aromatic nitrogens is 1. The molecule has 0 atom stereocenters. The zero-order valence-electron chi connectivity index (χ0n) is 13.5. The van der Waals surface area contributed by atoms with E-state index in [2.05, 4.69) is 13.8 Å². The minimum absolute atomic E-state index is 0.278. The molecule has 0 saturated heterocycles. The van der Waals surface area contributed by atoms with Crippen molar-refractivity contribution in [1.29, 1.82) is 0 Å². The summed E-state index contributed by atoms with van der Waals surface area (Å²) in [5.74, 6) is -0.645. The van der Waals surface area contributed by atoms with Gasteiger partial charge in [0, 0.05) is 10.9 Å². The summed E-state index contributed by atoms with van der Waals surface area (Å²) in [5.41, 5.74) is 4.91. The van der Waals surface area contributed by atoms with Gasteiger partial charge in [0.15, 0.2) is 0 Å². The summed E-state index contributed by atoms with van der Waals surface area (Å²) < 4.78 is 0. The maximum atomic E-state index is 11.7. The third kappa shape index (κ3) is 2.70. The van der Waals surface area contributed by atoms with E-state index in [9.17, 15) is 9.90 Å². The fraction of sp³-hybridized carbons (Fsp3) is 0.200. The first-order chi connectivity index (χ1) is 11.0. The fourth-order valence-corrected chi connectivity index (χ4v) is 2.91. The summed E-state index contributed by atoms with van der Waals surface area (Å²) in [6.45, 7) is 6.20. The number of rotatable bonds is 3. The van der Waals surface area contributed by atoms with Gasteiger partial charge in [-0.15, -0.1) is 0 Å². The molecule has 1 heterocycles. The summed E-state index contributed by atoms with van der Waals surface area (Å²) in [7, 11) is 0. The van der Waals surface area contributed by atoms with Gasteiger partial charge >= 0.3 is 5.97 Å². The molecule has 3 nitrogen and oxygen atoms in total. The van der Waals surface area contributed by atoms with Gasteiger partial charge in [0.05, 0.1) is 16.8 Å². The number of fused-ring (bicyclic) bond motifs is 1. The summed E-state index contributed by atoms with van der Waals surface area (Å²) in [4.78, 5) is 16.5. The molecule has 3 rings (SSSR count). The van der Waals surface area contributed by atoms with Crippen molar-refractivity contribution < 1.29 is 9.90 Å². The standard InChI is InChI=1S/C20H19NO2/c1-12(2)14-9-6-10-16-17(20(22)23)11-18(21-19(14)16)15-8-5-4-7-13(15)3/h4-12H,1-3H3,(H,22,23). The van der Waals surface area contributed by atoms with Gasteiger partial charge in [0.1, 0.15) is 0 Å².